The zero-order valence-electron chi connectivity index (χ0n) is 11.1. The number of ether oxygens (including phenoxy) is 1. The zero-order valence-corrected chi connectivity index (χ0v) is 11.9. The fraction of sp³-hybridized carbons (Fsp3) is 0.538. The van der Waals surface area contributed by atoms with Crippen molar-refractivity contribution in [1.29, 1.82) is 0 Å². The van der Waals surface area contributed by atoms with Crippen molar-refractivity contribution in [3.8, 4) is 0 Å². The highest BCUT2D eigenvalue weighted by molar-refractivity contribution is 7.89. The van der Waals surface area contributed by atoms with E-state index in [0.717, 1.165) is 18.4 Å². The standard InChI is InChI=1S/C13H20N2O3S/c1-10-8-12(2-3-13(10)14)19(16,17)15-9-11-4-6-18-7-5-11/h2-3,8,11,15H,4-7,9,14H2,1H3. The van der Waals surface area contributed by atoms with Crippen LogP contribution in [0.1, 0.15) is 18.4 Å². The van der Waals surface area contributed by atoms with Gasteiger partial charge in [-0.25, -0.2) is 13.1 Å². The molecule has 2 rings (SSSR count). The van der Waals surface area contributed by atoms with Gasteiger partial charge in [-0.1, -0.05) is 0 Å². The third-order valence-electron chi connectivity index (χ3n) is 3.45. The van der Waals surface area contributed by atoms with Crippen LogP contribution < -0.4 is 10.5 Å². The second-order valence-electron chi connectivity index (χ2n) is 4.93. The van der Waals surface area contributed by atoms with E-state index in [1.54, 1.807) is 19.1 Å². The van der Waals surface area contributed by atoms with E-state index in [1.807, 2.05) is 0 Å². The molecule has 3 N–H and O–H groups in total. The van der Waals surface area contributed by atoms with E-state index in [9.17, 15) is 8.42 Å². The predicted octanol–water partition coefficient (Wildman–Crippen LogP) is 1.28. The fourth-order valence-electron chi connectivity index (χ4n) is 2.08. The lowest BCUT2D eigenvalue weighted by molar-refractivity contribution is 0.0678. The number of sulfonamides is 1. The molecule has 1 aromatic rings. The Balaban J connectivity index is 2.02. The summed E-state index contributed by atoms with van der Waals surface area (Å²) in [6.07, 6.45) is 1.81. The van der Waals surface area contributed by atoms with Gasteiger partial charge >= 0.3 is 0 Å². The van der Waals surface area contributed by atoms with Crippen LogP contribution in [0.15, 0.2) is 23.1 Å². The molecule has 0 spiro atoms. The van der Waals surface area contributed by atoms with Gasteiger partial charge in [-0.3, -0.25) is 0 Å². The normalized spacial score (nSPS) is 17.5. The molecule has 19 heavy (non-hydrogen) atoms. The number of nitrogen functional groups attached to an aromatic ring is 1. The first kappa shape index (κ1) is 14.3. The lowest BCUT2D eigenvalue weighted by atomic mass is 10.0. The highest BCUT2D eigenvalue weighted by atomic mass is 32.2. The number of hydrogen-bond acceptors (Lipinski definition) is 4. The number of rotatable bonds is 4. The van der Waals surface area contributed by atoms with Gasteiger partial charge in [-0.2, -0.15) is 0 Å². The molecule has 1 aromatic carbocycles. The molecule has 1 heterocycles. The molecule has 0 aromatic heterocycles. The first-order chi connectivity index (χ1) is 8.99. The zero-order chi connectivity index (χ0) is 13.9. The molecule has 0 bridgehead atoms. The van der Waals surface area contributed by atoms with Crippen LogP contribution in [0.25, 0.3) is 0 Å². The number of benzene rings is 1. The Hall–Kier alpha value is -1.11. The van der Waals surface area contributed by atoms with E-state index in [0.29, 0.717) is 31.4 Å². The smallest absolute Gasteiger partial charge is 0.240 e. The highest BCUT2D eigenvalue weighted by Crippen LogP contribution is 2.18. The van der Waals surface area contributed by atoms with Gasteiger partial charge < -0.3 is 10.5 Å². The average molecular weight is 284 g/mol. The Morgan fingerprint density at radius 3 is 2.68 bits per heavy atom. The molecule has 1 aliphatic rings. The molecule has 106 valence electrons. The third-order valence-corrected chi connectivity index (χ3v) is 4.88. The molecule has 0 aliphatic carbocycles. The summed E-state index contributed by atoms with van der Waals surface area (Å²) in [5, 5.41) is 0. The van der Waals surface area contributed by atoms with Gasteiger partial charge in [0.25, 0.3) is 0 Å². The van der Waals surface area contributed by atoms with Gasteiger partial charge in [-0.05, 0) is 49.4 Å². The number of nitrogens with one attached hydrogen (secondary N) is 1. The Labute approximate surface area is 114 Å². The summed E-state index contributed by atoms with van der Waals surface area (Å²) < 4.78 is 32.2. The minimum atomic E-state index is -3.45. The highest BCUT2D eigenvalue weighted by Gasteiger charge is 2.19. The number of aryl methyl sites for hydroxylation is 1. The Kier molecular flexibility index (Phi) is 4.44. The Bertz CT molecular complexity index is 537. The van der Waals surface area contributed by atoms with E-state index in [1.165, 1.54) is 6.07 Å². The fourth-order valence-corrected chi connectivity index (χ4v) is 3.28. The van der Waals surface area contributed by atoms with E-state index in [4.69, 9.17) is 10.5 Å². The minimum Gasteiger partial charge on any atom is -0.399 e. The summed E-state index contributed by atoms with van der Waals surface area (Å²) in [5.41, 5.74) is 7.07. The lowest BCUT2D eigenvalue weighted by Crippen LogP contribution is -2.32. The van der Waals surface area contributed by atoms with Crippen LogP contribution in [-0.2, 0) is 14.8 Å². The van der Waals surface area contributed by atoms with Crippen molar-refractivity contribution in [2.75, 3.05) is 25.5 Å². The predicted molar refractivity (Wildman–Crippen MR) is 74.3 cm³/mol. The average Bonchev–Trinajstić information content (AvgIpc) is 2.41. The lowest BCUT2D eigenvalue weighted by Gasteiger charge is -2.22. The van der Waals surface area contributed by atoms with Crippen molar-refractivity contribution in [3.05, 3.63) is 23.8 Å². The second kappa shape index (κ2) is 5.90. The molecule has 1 saturated heterocycles. The van der Waals surface area contributed by atoms with Crippen molar-refractivity contribution in [1.82, 2.24) is 4.72 Å². The van der Waals surface area contributed by atoms with E-state index in [2.05, 4.69) is 4.72 Å². The van der Waals surface area contributed by atoms with Crippen molar-refractivity contribution >= 4 is 15.7 Å². The number of anilines is 1. The molecule has 0 amide bonds. The van der Waals surface area contributed by atoms with E-state index < -0.39 is 10.0 Å². The Morgan fingerprint density at radius 1 is 1.37 bits per heavy atom. The molecule has 0 unspecified atom stereocenters. The minimum absolute atomic E-state index is 0.270. The summed E-state index contributed by atoms with van der Waals surface area (Å²) in [5.74, 6) is 0.360. The van der Waals surface area contributed by atoms with Crippen LogP contribution >= 0.6 is 0 Å². The topological polar surface area (TPSA) is 81.4 Å². The van der Waals surface area contributed by atoms with Crippen LogP contribution in [0.4, 0.5) is 5.69 Å². The number of nitrogens with two attached hydrogens (primary N) is 1. The van der Waals surface area contributed by atoms with Crippen molar-refractivity contribution in [2.45, 2.75) is 24.7 Å². The number of hydrogen-bond donors (Lipinski definition) is 2. The molecule has 0 saturated carbocycles. The van der Waals surface area contributed by atoms with Gasteiger partial charge in [0.2, 0.25) is 10.0 Å². The first-order valence-corrected chi connectivity index (χ1v) is 7.91. The molecule has 0 radical (unpaired) electrons. The summed E-state index contributed by atoms with van der Waals surface area (Å²) in [4.78, 5) is 0.270. The van der Waals surface area contributed by atoms with E-state index >= 15 is 0 Å². The molecule has 1 fully saturated rings. The summed E-state index contributed by atoms with van der Waals surface area (Å²) in [6, 6.07) is 4.76. The molecular weight excluding hydrogens is 264 g/mol. The van der Waals surface area contributed by atoms with Gasteiger partial charge in [0.05, 0.1) is 4.90 Å². The molecule has 5 nitrogen and oxygen atoms in total. The van der Waals surface area contributed by atoms with Crippen molar-refractivity contribution in [3.63, 3.8) is 0 Å². The van der Waals surface area contributed by atoms with Crippen LogP contribution in [0, 0.1) is 12.8 Å². The van der Waals surface area contributed by atoms with Gasteiger partial charge in [-0.15, -0.1) is 0 Å². The summed E-state index contributed by atoms with van der Waals surface area (Å²) in [7, 11) is -3.45. The summed E-state index contributed by atoms with van der Waals surface area (Å²) >= 11 is 0. The van der Waals surface area contributed by atoms with Crippen LogP contribution in [-0.4, -0.2) is 28.2 Å². The molecule has 1 aliphatic heterocycles. The quantitative estimate of drug-likeness (QED) is 0.816. The van der Waals surface area contributed by atoms with Crippen molar-refractivity contribution in [2.24, 2.45) is 5.92 Å². The summed E-state index contributed by atoms with van der Waals surface area (Å²) in [6.45, 7) is 3.70. The van der Waals surface area contributed by atoms with E-state index in [-0.39, 0.29) is 4.90 Å². The van der Waals surface area contributed by atoms with Crippen molar-refractivity contribution < 1.29 is 13.2 Å². The maximum atomic E-state index is 12.2. The third kappa shape index (κ3) is 3.68. The van der Waals surface area contributed by atoms with Crippen LogP contribution in [0.3, 0.4) is 0 Å². The monoisotopic (exact) mass is 284 g/mol. The Morgan fingerprint density at radius 2 is 2.05 bits per heavy atom. The van der Waals surface area contributed by atoms with Gasteiger partial charge in [0.15, 0.2) is 0 Å². The van der Waals surface area contributed by atoms with Gasteiger partial charge in [0, 0.05) is 25.4 Å². The first-order valence-electron chi connectivity index (χ1n) is 6.42. The van der Waals surface area contributed by atoms with Crippen LogP contribution in [0.2, 0.25) is 0 Å². The van der Waals surface area contributed by atoms with Crippen LogP contribution in [0.5, 0.6) is 0 Å². The molecular formula is C13H20N2O3S. The van der Waals surface area contributed by atoms with Gasteiger partial charge in [0.1, 0.15) is 0 Å². The maximum Gasteiger partial charge on any atom is 0.240 e. The maximum absolute atomic E-state index is 12.2. The largest absolute Gasteiger partial charge is 0.399 e. The second-order valence-corrected chi connectivity index (χ2v) is 6.69. The SMILES string of the molecule is Cc1cc(S(=O)(=O)NCC2CCOCC2)ccc1N. The molecule has 0 atom stereocenters. The molecule has 6 heteroatoms.